The summed E-state index contributed by atoms with van der Waals surface area (Å²) < 4.78 is 0. The van der Waals surface area contributed by atoms with E-state index in [4.69, 9.17) is 0 Å². The first-order valence-corrected chi connectivity index (χ1v) is 8.28. The van der Waals surface area contributed by atoms with Crippen LogP contribution in [0.15, 0.2) is 11.6 Å². The summed E-state index contributed by atoms with van der Waals surface area (Å²) >= 11 is 0. The minimum atomic E-state index is -0.123. The maximum atomic E-state index is 12.8. The topological polar surface area (TPSA) is 51.2 Å². The molecule has 0 aromatic heterocycles. The lowest BCUT2D eigenvalue weighted by Crippen LogP contribution is -2.53. The maximum Gasteiger partial charge on any atom is 0.155 e. The predicted molar refractivity (Wildman–Crippen MR) is 77.5 cm³/mol. The number of hydrogen-bond donors (Lipinski definition) is 0. The highest BCUT2D eigenvalue weighted by molar-refractivity contribution is 5.98. The number of hydrogen-bond acceptors (Lipinski definition) is 3. The van der Waals surface area contributed by atoms with E-state index in [1.165, 1.54) is 0 Å². The molecule has 0 spiro atoms. The highest BCUT2D eigenvalue weighted by atomic mass is 16.1. The van der Waals surface area contributed by atoms with E-state index >= 15 is 0 Å². The number of rotatable bonds is 0. The third-order valence-electron chi connectivity index (χ3n) is 6.64. The summed E-state index contributed by atoms with van der Waals surface area (Å²) in [4.78, 5) is 37.1. The highest BCUT2D eigenvalue weighted by Gasteiger charge is 2.58. The average Bonchev–Trinajstić information content (AvgIpc) is 2.79. The van der Waals surface area contributed by atoms with E-state index in [9.17, 15) is 14.4 Å². The molecule has 4 aliphatic rings. The van der Waals surface area contributed by atoms with Crippen LogP contribution in [0.4, 0.5) is 0 Å². The molecule has 0 aromatic rings. The Morgan fingerprint density at radius 2 is 1.90 bits per heavy atom. The molecule has 3 nitrogen and oxygen atoms in total. The van der Waals surface area contributed by atoms with Gasteiger partial charge in [0.15, 0.2) is 5.78 Å². The first-order valence-electron chi connectivity index (χ1n) is 8.28. The smallest absolute Gasteiger partial charge is 0.155 e. The van der Waals surface area contributed by atoms with Crippen molar-refractivity contribution in [3.05, 3.63) is 11.6 Å². The fourth-order valence-electron chi connectivity index (χ4n) is 5.74. The lowest BCUT2D eigenvalue weighted by atomic mass is 9.51. The molecule has 0 aliphatic heterocycles. The zero-order valence-corrected chi connectivity index (χ0v) is 12.6. The lowest BCUT2D eigenvalue weighted by molar-refractivity contribution is -0.148. The first kappa shape index (κ1) is 13.4. The van der Waals surface area contributed by atoms with Gasteiger partial charge >= 0.3 is 0 Å². The fraction of sp³-hybridized carbons (Fsp3) is 0.722. The second kappa shape index (κ2) is 4.37. The van der Waals surface area contributed by atoms with Crippen LogP contribution in [-0.2, 0) is 14.4 Å². The molecule has 5 atom stereocenters. The Morgan fingerprint density at radius 1 is 1.10 bits per heavy atom. The van der Waals surface area contributed by atoms with Crippen molar-refractivity contribution in [2.24, 2.45) is 29.1 Å². The molecule has 3 heteroatoms. The first-order chi connectivity index (χ1) is 9.99. The number of fused-ring (bicyclic) bond motifs is 5. The Bertz CT molecular complexity index is 573. The van der Waals surface area contributed by atoms with Crippen LogP contribution in [0.1, 0.15) is 51.9 Å². The van der Waals surface area contributed by atoms with E-state index in [-0.39, 0.29) is 34.7 Å². The molecule has 3 fully saturated rings. The van der Waals surface area contributed by atoms with Crippen molar-refractivity contribution in [3.63, 3.8) is 0 Å². The molecule has 0 saturated heterocycles. The van der Waals surface area contributed by atoms with Crippen LogP contribution in [0.5, 0.6) is 0 Å². The lowest BCUT2D eigenvalue weighted by Gasteiger charge is -2.50. The van der Waals surface area contributed by atoms with Crippen LogP contribution in [0.2, 0.25) is 0 Å². The molecule has 4 aliphatic carbocycles. The van der Waals surface area contributed by atoms with Gasteiger partial charge in [0.2, 0.25) is 0 Å². The Hall–Kier alpha value is -1.25. The second-order valence-corrected chi connectivity index (χ2v) is 7.82. The summed E-state index contributed by atoms with van der Waals surface area (Å²) in [5.41, 5.74) is 1.01. The molecule has 0 heterocycles. The Labute approximate surface area is 125 Å². The minimum Gasteiger partial charge on any atom is -0.299 e. The molecule has 3 saturated carbocycles. The number of Topliss-reactive ketones (excluding diaryl/α,β-unsaturated/α-hetero) is 2. The van der Waals surface area contributed by atoms with E-state index in [0.29, 0.717) is 31.0 Å². The van der Waals surface area contributed by atoms with Gasteiger partial charge in [-0.1, -0.05) is 18.9 Å². The molecular weight excluding hydrogens is 264 g/mol. The van der Waals surface area contributed by atoms with Crippen LogP contribution in [-0.4, -0.2) is 17.3 Å². The summed E-state index contributed by atoms with van der Waals surface area (Å²) in [5, 5.41) is 0. The number of ketones is 3. The van der Waals surface area contributed by atoms with E-state index < -0.39 is 0 Å². The summed E-state index contributed by atoms with van der Waals surface area (Å²) in [6.07, 6.45) is 7.37. The van der Waals surface area contributed by atoms with Crippen LogP contribution in [0.3, 0.4) is 0 Å². The molecule has 0 bridgehead atoms. The van der Waals surface area contributed by atoms with Gasteiger partial charge in [0.1, 0.15) is 11.6 Å². The summed E-state index contributed by atoms with van der Waals surface area (Å²) in [5.74, 6) is 1.02. The highest BCUT2D eigenvalue weighted by Crippen LogP contribution is 2.59. The zero-order valence-electron chi connectivity index (χ0n) is 12.6. The molecule has 112 valence electrons. The largest absolute Gasteiger partial charge is 0.299 e. The molecule has 0 radical (unpaired) electrons. The fourth-order valence-corrected chi connectivity index (χ4v) is 5.74. The van der Waals surface area contributed by atoms with Gasteiger partial charge in [-0.15, -0.1) is 0 Å². The summed E-state index contributed by atoms with van der Waals surface area (Å²) in [6, 6.07) is 0. The zero-order chi connectivity index (χ0) is 14.8. The third-order valence-corrected chi connectivity index (χ3v) is 6.64. The quantitative estimate of drug-likeness (QED) is 0.688. The monoisotopic (exact) mass is 286 g/mol. The van der Waals surface area contributed by atoms with Crippen molar-refractivity contribution >= 4 is 17.3 Å². The van der Waals surface area contributed by atoms with Crippen molar-refractivity contribution in [2.75, 3.05) is 0 Å². The van der Waals surface area contributed by atoms with Gasteiger partial charge in [0.05, 0.1) is 0 Å². The number of carbonyl (C=O) groups excluding carboxylic acids is 3. The molecule has 21 heavy (non-hydrogen) atoms. The third kappa shape index (κ3) is 1.82. The Kier molecular flexibility index (Phi) is 2.79. The molecule has 0 amide bonds. The van der Waals surface area contributed by atoms with Gasteiger partial charge in [-0.3, -0.25) is 14.4 Å². The second-order valence-electron chi connectivity index (χ2n) is 7.82. The molecular formula is C18H22O3. The molecule has 0 aromatic carbocycles. The van der Waals surface area contributed by atoms with E-state index in [1.807, 2.05) is 0 Å². The minimum absolute atomic E-state index is 0.0552. The molecule has 0 unspecified atom stereocenters. The van der Waals surface area contributed by atoms with Crippen LogP contribution < -0.4 is 0 Å². The standard InChI is InChI=1S/C18H22O3/c1-18-6-2-3-13(18)17-14(20)8-10-7-11(19)4-5-12(10)16(17)15(21)9-18/h7,12-13,16-17H,2-6,8-9H2,1H3/t12-,13-,16-,17+,18-/m0/s1. The van der Waals surface area contributed by atoms with Crippen molar-refractivity contribution in [1.29, 1.82) is 0 Å². The summed E-state index contributed by atoms with van der Waals surface area (Å²) in [6.45, 7) is 2.21. The van der Waals surface area contributed by atoms with Crippen molar-refractivity contribution in [2.45, 2.75) is 51.9 Å². The van der Waals surface area contributed by atoms with Crippen molar-refractivity contribution in [3.8, 4) is 0 Å². The van der Waals surface area contributed by atoms with Crippen LogP contribution >= 0.6 is 0 Å². The van der Waals surface area contributed by atoms with E-state index in [1.54, 1.807) is 6.08 Å². The maximum absolute atomic E-state index is 12.8. The Morgan fingerprint density at radius 3 is 2.71 bits per heavy atom. The summed E-state index contributed by atoms with van der Waals surface area (Å²) in [7, 11) is 0. The van der Waals surface area contributed by atoms with Crippen molar-refractivity contribution < 1.29 is 14.4 Å². The molecule has 0 N–H and O–H groups in total. The number of allylic oxidation sites excluding steroid dienone is 1. The number of carbonyl (C=O) groups is 3. The molecule has 4 rings (SSSR count). The van der Waals surface area contributed by atoms with Gasteiger partial charge in [-0.05, 0) is 42.6 Å². The van der Waals surface area contributed by atoms with Crippen LogP contribution in [0.25, 0.3) is 0 Å². The average molecular weight is 286 g/mol. The Balaban J connectivity index is 1.76. The van der Waals surface area contributed by atoms with Crippen LogP contribution in [0, 0.1) is 29.1 Å². The van der Waals surface area contributed by atoms with E-state index in [2.05, 4.69) is 6.92 Å². The van der Waals surface area contributed by atoms with Gasteiger partial charge in [-0.2, -0.15) is 0 Å². The SMILES string of the molecule is C[C@@]12CCC[C@H]1[C@@H]1C(=O)CC3=CC(=O)CC[C@@H]3[C@H]1C(=O)C2. The van der Waals surface area contributed by atoms with Gasteiger partial charge in [0.25, 0.3) is 0 Å². The van der Waals surface area contributed by atoms with Gasteiger partial charge < -0.3 is 0 Å². The predicted octanol–water partition coefficient (Wildman–Crippen LogP) is 2.88. The van der Waals surface area contributed by atoms with Gasteiger partial charge in [0, 0.05) is 31.1 Å². The van der Waals surface area contributed by atoms with Crippen molar-refractivity contribution in [1.82, 2.24) is 0 Å². The van der Waals surface area contributed by atoms with Gasteiger partial charge in [-0.25, -0.2) is 0 Å². The normalized spacial score (nSPS) is 45.8. The van der Waals surface area contributed by atoms with E-state index in [0.717, 1.165) is 31.3 Å².